The second kappa shape index (κ2) is 14.8. The highest BCUT2D eigenvalue weighted by atomic mass is 32.1. The minimum Gasteiger partial charge on any atom is -0.228 e. The fourth-order valence-corrected chi connectivity index (χ4v) is 11.0. The molecule has 3 heteroatoms. The molecule has 0 N–H and O–H groups in total. The SMILES string of the molecule is c1ccc(-c2nc(-c3ccc4c(c3)C(c3ccccc3)(c3ccccc3)c3ccccc3-4)cc(-c3cccc(-c4ccc5sc6ccccc6c5c4)c3-c3ccccc3)n2)cc1. The third-order valence-electron chi connectivity index (χ3n) is 12.6. The number of benzene rings is 9. The number of nitrogens with zero attached hydrogens (tertiary/aromatic N) is 2. The van der Waals surface area contributed by atoms with Gasteiger partial charge in [0.15, 0.2) is 5.82 Å². The Balaban J connectivity index is 1.10. The van der Waals surface area contributed by atoms with Crippen LogP contribution >= 0.6 is 11.3 Å². The summed E-state index contributed by atoms with van der Waals surface area (Å²) in [5.41, 5.74) is 16.4. The van der Waals surface area contributed by atoms with Gasteiger partial charge in [0, 0.05) is 36.9 Å². The van der Waals surface area contributed by atoms with Crippen molar-refractivity contribution >= 4 is 31.5 Å². The van der Waals surface area contributed by atoms with Crippen molar-refractivity contribution in [2.24, 2.45) is 0 Å². The number of hydrogen-bond donors (Lipinski definition) is 0. The smallest absolute Gasteiger partial charge is 0.160 e. The molecule has 290 valence electrons. The maximum absolute atomic E-state index is 5.42. The summed E-state index contributed by atoms with van der Waals surface area (Å²) in [5.74, 6) is 0.690. The zero-order chi connectivity index (χ0) is 41.0. The van der Waals surface area contributed by atoms with Crippen LogP contribution in [0, 0.1) is 0 Å². The van der Waals surface area contributed by atoms with Gasteiger partial charge in [-0.1, -0.05) is 200 Å². The topological polar surface area (TPSA) is 25.8 Å². The van der Waals surface area contributed by atoms with E-state index in [1.165, 1.54) is 59.1 Å². The molecule has 0 unspecified atom stereocenters. The van der Waals surface area contributed by atoms with E-state index in [4.69, 9.17) is 9.97 Å². The Kier molecular flexibility index (Phi) is 8.62. The maximum Gasteiger partial charge on any atom is 0.160 e. The van der Waals surface area contributed by atoms with Crippen LogP contribution in [-0.4, -0.2) is 9.97 Å². The summed E-state index contributed by atoms with van der Waals surface area (Å²) in [5, 5.41) is 2.57. The standard InChI is InChI=1S/C59H38N2S/c1-5-18-39(19-6-1)57-45(41-33-35-56-50(36-41)48-27-14-16-31-55(48)62-56)28-17-29-49(57)54-38-53(60-58(61-54)40-20-7-2-8-21-40)42-32-34-47-46-26-13-15-30-51(46)59(52(47)37-42,43-22-9-3-10-23-43)44-24-11-4-12-25-44/h1-38H. The van der Waals surface area contributed by atoms with Crippen LogP contribution in [0.2, 0.25) is 0 Å². The van der Waals surface area contributed by atoms with Gasteiger partial charge < -0.3 is 0 Å². The molecule has 62 heavy (non-hydrogen) atoms. The van der Waals surface area contributed by atoms with Crippen molar-refractivity contribution in [3.8, 4) is 67.3 Å². The van der Waals surface area contributed by atoms with Crippen molar-refractivity contribution in [2.45, 2.75) is 5.41 Å². The van der Waals surface area contributed by atoms with Gasteiger partial charge in [0.25, 0.3) is 0 Å². The van der Waals surface area contributed by atoms with Crippen LogP contribution < -0.4 is 0 Å². The van der Waals surface area contributed by atoms with Crippen molar-refractivity contribution in [3.63, 3.8) is 0 Å². The van der Waals surface area contributed by atoms with Gasteiger partial charge in [-0.25, -0.2) is 9.97 Å². The van der Waals surface area contributed by atoms with Gasteiger partial charge in [-0.3, -0.25) is 0 Å². The lowest BCUT2D eigenvalue weighted by Crippen LogP contribution is -2.28. The van der Waals surface area contributed by atoms with Gasteiger partial charge in [-0.2, -0.15) is 0 Å². The highest BCUT2D eigenvalue weighted by Gasteiger charge is 2.46. The molecule has 0 atom stereocenters. The molecule has 0 saturated heterocycles. The van der Waals surface area contributed by atoms with E-state index in [0.29, 0.717) is 5.82 Å². The minimum absolute atomic E-state index is 0.522. The number of fused-ring (bicyclic) bond motifs is 6. The Morgan fingerprint density at radius 1 is 0.323 bits per heavy atom. The summed E-state index contributed by atoms with van der Waals surface area (Å²) in [7, 11) is 0. The monoisotopic (exact) mass is 806 g/mol. The Labute approximate surface area is 365 Å². The predicted molar refractivity (Wildman–Crippen MR) is 259 cm³/mol. The lowest BCUT2D eigenvalue weighted by atomic mass is 9.67. The van der Waals surface area contributed by atoms with Crippen molar-refractivity contribution in [1.82, 2.24) is 9.97 Å². The van der Waals surface area contributed by atoms with Gasteiger partial charge in [0.05, 0.1) is 16.8 Å². The average molecular weight is 807 g/mol. The number of aromatic nitrogens is 2. The van der Waals surface area contributed by atoms with Crippen molar-refractivity contribution in [1.29, 1.82) is 0 Å². The lowest BCUT2D eigenvalue weighted by Gasteiger charge is -2.34. The molecule has 0 bridgehead atoms. The summed E-state index contributed by atoms with van der Waals surface area (Å²) in [6.07, 6.45) is 0. The van der Waals surface area contributed by atoms with Gasteiger partial charge >= 0.3 is 0 Å². The van der Waals surface area contributed by atoms with Crippen molar-refractivity contribution in [3.05, 3.63) is 253 Å². The normalized spacial score (nSPS) is 12.6. The first-order valence-corrected chi connectivity index (χ1v) is 22.0. The van der Waals surface area contributed by atoms with Crippen LogP contribution in [0.1, 0.15) is 22.3 Å². The summed E-state index contributed by atoms with van der Waals surface area (Å²) in [4.78, 5) is 10.8. The molecule has 2 heterocycles. The molecule has 2 nitrogen and oxygen atoms in total. The molecule has 2 aromatic heterocycles. The molecule has 0 aliphatic heterocycles. The number of thiophene rings is 1. The van der Waals surface area contributed by atoms with Gasteiger partial charge in [-0.05, 0) is 86.0 Å². The molecule has 0 fully saturated rings. The molecule has 0 radical (unpaired) electrons. The molecule has 9 aromatic carbocycles. The average Bonchev–Trinajstić information content (AvgIpc) is 3.88. The van der Waals surface area contributed by atoms with Crippen LogP contribution in [0.3, 0.4) is 0 Å². The van der Waals surface area contributed by atoms with Crippen LogP contribution in [0.4, 0.5) is 0 Å². The zero-order valence-corrected chi connectivity index (χ0v) is 34.6. The molecule has 1 aliphatic carbocycles. The molecule has 1 aliphatic rings. The summed E-state index contributed by atoms with van der Waals surface area (Å²) < 4.78 is 2.60. The van der Waals surface area contributed by atoms with Crippen molar-refractivity contribution < 1.29 is 0 Å². The fourth-order valence-electron chi connectivity index (χ4n) is 9.87. The summed E-state index contributed by atoms with van der Waals surface area (Å²) in [6, 6.07) is 83.5. The van der Waals surface area contributed by atoms with E-state index in [2.05, 4.69) is 224 Å². The Hall–Kier alpha value is -7.72. The molecule has 0 saturated carbocycles. The zero-order valence-electron chi connectivity index (χ0n) is 33.7. The van der Waals surface area contributed by atoms with Gasteiger partial charge in [0.1, 0.15) is 0 Å². The van der Waals surface area contributed by atoms with E-state index < -0.39 is 5.41 Å². The first kappa shape index (κ1) is 36.2. The largest absolute Gasteiger partial charge is 0.228 e. The van der Waals surface area contributed by atoms with Crippen LogP contribution in [0.5, 0.6) is 0 Å². The lowest BCUT2D eigenvalue weighted by molar-refractivity contribution is 0.768. The van der Waals surface area contributed by atoms with Crippen LogP contribution in [0.15, 0.2) is 231 Å². The van der Waals surface area contributed by atoms with Gasteiger partial charge in [-0.15, -0.1) is 11.3 Å². The van der Waals surface area contributed by atoms with E-state index in [-0.39, 0.29) is 0 Å². The fraction of sp³-hybridized carbons (Fsp3) is 0.0169. The Bertz CT molecular complexity index is 3410. The second-order valence-electron chi connectivity index (χ2n) is 16.0. The number of hydrogen-bond acceptors (Lipinski definition) is 3. The highest BCUT2D eigenvalue weighted by molar-refractivity contribution is 7.25. The van der Waals surface area contributed by atoms with E-state index in [1.807, 2.05) is 17.4 Å². The van der Waals surface area contributed by atoms with Crippen molar-refractivity contribution in [2.75, 3.05) is 0 Å². The van der Waals surface area contributed by atoms with Crippen LogP contribution in [0.25, 0.3) is 87.5 Å². The molecule has 0 amide bonds. The van der Waals surface area contributed by atoms with E-state index >= 15 is 0 Å². The maximum atomic E-state index is 5.42. The van der Waals surface area contributed by atoms with E-state index in [9.17, 15) is 0 Å². The second-order valence-corrected chi connectivity index (χ2v) is 17.1. The van der Waals surface area contributed by atoms with Gasteiger partial charge in [0.2, 0.25) is 0 Å². The highest BCUT2D eigenvalue weighted by Crippen LogP contribution is 2.57. The predicted octanol–water partition coefficient (Wildman–Crippen LogP) is 15.5. The molecule has 11 aromatic rings. The molecular weight excluding hydrogens is 769 g/mol. The Morgan fingerprint density at radius 2 is 0.887 bits per heavy atom. The summed E-state index contributed by atoms with van der Waals surface area (Å²) >= 11 is 1.85. The van der Waals surface area contributed by atoms with E-state index in [0.717, 1.165) is 44.8 Å². The quantitative estimate of drug-likeness (QED) is 0.160. The molecule has 0 spiro atoms. The summed E-state index contributed by atoms with van der Waals surface area (Å²) in [6.45, 7) is 0. The van der Waals surface area contributed by atoms with E-state index in [1.54, 1.807) is 0 Å². The third kappa shape index (κ3) is 5.78. The molecule has 12 rings (SSSR count). The number of rotatable bonds is 7. The molecular formula is C59H38N2S. The minimum atomic E-state index is -0.522. The Morgan fingerprint density at radius 3 is 1.65 bits per heavy atom. The first-order valence-electron chi connectivity index (χ1n) is 21.1. The third-order valence-corrected chi connectivity index (χ3v) is 13.8. The first-order chi connectivity index (χ1) is 30.7. The van der Waals surface area contributed by atoms with Crippen LogP contribution in [-0.2, 0) is 5.41 Å².